The number of piperidine rings is 1. The summed E-state index contributed by atoms with van der Waals surface area (Å²) >= 11 is 0. The lowest BCUT2D eigenvalue weighted by atomic mass is 9.75. The van der Waals surface area contributed by atoms with Crippen molar-refractivity contribution in [1.29, 1.82) is 0 Å². The Morgan fingerprint density at radius 1 is 0.636 bits per heavy atom. The fourth-order valence-corrected chi connectivity index (χ4v) is 6.29. The molecule has 2 rings (SSSR count). The first-order chi connectivity index (χ1) is 26.4. The molecule has 1 atom stereocenters. The van der Waals surface area contributed by atoms with Gasteiger partial charge in [0.25, 0.3) is 0 Å². The van der Waals surface area contributed by atoms with Crippen LogP contribution in [0.15, 0.2) is 0 Å². The van der Waals surface area contributed by atoms with Gasteiger partial charge in [0.1, 0.15) is 0 Å². The highest BCUT2D eigenvalue weighted by Gasteiger charge is 2.45. The maximum absolute atomic E-state index is 12.7. The second-order valence-corrected chi connectivity index (χ2v) is 15.8. The maximum Gasteiger partial charge on any atom is 0.233 e. The average molecular weight is 788 g/mol. The SMILES string of the molecule is CCC(C)(C)C1CC(=O)N(CCC(=O)NCCOCCOCCOCCOCCOCCOCCOCCOCCC(=O)N2CCC(C(C)(C)C)CC2)C1=O. The van der Waals surface area contributed by atoms with Crippen LogP contribution in [-0.4, -0.2) is 165 Å². The monoisotopic (exact) mass is 788 g/mol. The van der Waals surface area contributed by atoms with Crippen molar-refractivity contribution >= 4 is 23.6 Å². The van der Waals surface area contributed by atoms with Crippen molar-refractivity contribution in [2.45, 2.75) is 80.1 Å². The van der Waals surface area contributed by atoms with Crippen LogP contribution in [0.3, 0.4) is 0 Å². The molecule has 2 aliphatic heterocycles. The number of imide groups is 1. The smallest absolute Gasteiger partial charge is 0.233 e. The Balaban J connectivity index is 1.23. The molecule has 2 heterocycles. The summed E-state index contributed by atoms with van der Waals surface area (Å²) in [5.74, 6) is -0.0612. The summed E-state index contributed by atoms with van der Waals surface area (Å²) in [5, 5.41) is 2.75. The average Bonchev–Trinajstić information content (AvgIpc) is 3.45. The van der Waals surface area contributed by atoms with Gasteiger partial charge in [0.05, 0.1) is 118 Å². The molecule has 0 aromatic rings. The van der Waals surface area contributed by atoms with E-state index in [1.54, 1.807) is 0 Å². The zero-order valence-electron chi connectivity index (χ0n) is 34.8. The minimum Gasteiger partial charge on any atom is -0.379 e. The largest absolute Gasteiger partial charge is 0.379 e. The summed E-state index contributed by atoms with van der Waals surface area (Å²) in [7, 11) is 0. The predicted molar refractivity (Wildman–Crippen MR) is 206 cm³/mol. The third-order valence-corrected chi connectivity index (χ3v) is 10.4. The summed E-state index contributed by atoms with van der Waals surface area (Å²) in [5.41, 5.74) is 0.0645. The molecule has 1 N–H and O–H groups in total. The van der Waals surface area contributed by atoms with E-state index < -0.39 is 0 Å². The van der Waals surface area contributed by atoms with Gasteiger partial charge in [-0.2, -0.15) is 0 Å². The van der Waals surface area contributed by atoms with Crippen LogP contribution < -0.4 is 5.32 Å². The first kappa shape index (κ1) is 48.9. The van der Waals surface area contributed by atoms with Crippen molar-refractivity contribution in [1.82, 2.24) is 15.1 Å². The van der Waals surface area contributed by atoms with Crippen LogP contribution in [0, 0.1) is 22.7 Å². The lowest BCUT2D eigenvalue weighted by Crippen LogP contribution is -2.41. The Bertz CT molecular complexity index is 1080. The molecule has 0 bridgehead atoms. The van der Waals surface area contributed by atoms with Gasteiger partial charge in [-0.05, 0) is 29.6 Å². The Morgan fingerprint density at radius 2 is 1.05 bits per heavy atom. The number of rotatable bonds is 32. The molecular weight excluding hydrogens is 714 g/mol. The van der Waals surface area contributed by atoms with E-state index in [2.05, 4.69) is 26.1 Å². The Morgan fingerprint density at radius 3 is 1.47 bits per heavy atom. The molecule has 4 amide bonds. The molecule has 0 saturated carbocycles. The Hall–Kier alpha value is -2.24. The summed E-state index contributed by atoms with van der Waals surface area (Å²) in [6, 6.07) is 0. The lowest BCUT2D eigenvalue weighted by molar-refractivity contribution is -0.141. The van der Waals surface area contributed by atoms with Crippen LogP contribution in [0.5, 0.6) is 0 Å². The van der Waals surface area contributed by atoms with Gasteiger partial charge >= 0.3 is 0 Å². The van der Waals surface area contributed by atoms with Gasteiger partial charge in [0.15, 0.2) is 0 Å². The zero-order valence-corrected chi connectivity index (χ0v) is 34.8. The van der Waals surface area contributed by atoms with Crippen molar-refractivity contribution in [3.63, 3.8) is 0 Å². The van der Waals surface area contributed by atoms with Crippen LogP contribution in [0.2, 0.25) is 0 Å². The van der Waals surface area contributed by atoms with Crippen LogP contribution >= 0.6 is 0 Å². The third-order valence-electron chi connectivity index (χ3n) is 10.4. The normalized spacial score (nSPS) is 17.1. The molecule has 0 spiro atoms. The highest BCUT2D eigenvalue weighted by molar-refractivity contribution is 6.04. The standard InChI is InChI=1S/C40H73N3O12/c1-7-40(5,6)34-32-37(46)43(38(34)47)15-10-35(44)41-12-17-49-19-21-51-23-25-53-27-29-55-31-30-54-28-26-52-24-22-50-20-18-48-16-11-36(45)42-13-8-33(9-14-42)39(2,3)4/h33-34H,7-32H2,1-6H3,(H,41,44). The predicted octanol–water partition coefficient (Wildman–Crippen LogP) is 3.11. The second kappa shape index (κ2) is 28.2. The summed E-state index contributed by atoms with van der Waals surface area (Å²) < 4.78 is 44.0. The van der Waals surface area contributed by atoms with E-state index in [-0.39, 0.29) is 54.3 Å². The van der Waals surface area contributed by atoms with Crippen molar-refractivity contribution in [3.8, 4) is 0 Å². The molecule has 0 aromatic carbocycles. The van der Waals surface area contributed by atoms with E-state index in [1.165, 1.54) is 4.90 Å². The van der Waals surface area contributed by atoms with Gasteiger partial charge in [-0.1, -0.05) is 48.0 Å². The number of hydrogen-bond acceptors (Lipinski definition) is 12. The molecule has 15 nitrogen and oxygen atoms in total. The van der Waals surface area contributed by atoms with E-state index >= 15 is 0 Å². The Labute approximate surface area is 330 Å². The highest BCUT2D eigenvalue weighted by atomic mass is 16.6. The highest BCUT2D eigenvalue weighted by Crippen LogP contribution is 2.38. The van der Waals surface area contributed by atoms with Crippen LogP contribution in [0.1, 0.15) is 80.1 Å². The molecule has 1 unspecified atom stereocenters. The fourth-order valence-electron chi connectivity index (χ4n) is 6.29. The number of nitrogens with one attached hydrogen (secondary N) is 1. The topological polar surface area (TPSA) is 161 Å². The molecule has 2 aliphatic rings. The number of ether oxygens (including phenoxy) is 8. The first-order valence-corrected chi connectivity index (χ1v) is 20.4. The zero-order chi connectivity index (χ0) is 40.4. The Kier molecular flexibility index (Phi) is 25.1. The summed E-state index contributed by atoms with van der Waals surface area (Å²) in [6.45, 7) is 22.1. The molecule has 2 fully saturated rings. The number of carbonyl (C=O) groups excluding carboxylic acids is 4. The number of likely N-dealkylation sites (tertiary alicyclic amines) is 2. The van der Waals surface area contributed by atoms with Crippen LogP contribution in [-0.2, 0) is 57.1 Å². The second-order valence-electron chi connectivity index (χ2n) is 15.8. The molecule has 0 aromatic heterocycles. The number of nitrogens with zero attached hydrogens (tertiary/aromatic N) is 2. The lowest BCUT2D eigenvalue weighted by Gasteiger charge is -2.38. The van der Waals surface area contributed by atoms with E-state index in [1.807, 2.05) is 25.7 Å². The molecule has 55 heavy (non-hydrogen) atoms. The van der Waals surface area contributed by atoms with E-state index in [0.717, 1.165) is 32.4 Å². The van der Waals surface area contributed by atoms with Crippen LogP contribution in [0.25, 0.3) is 0 Å². The van der Waals surface area contributed by atoms with Gasteiger partial charge in [0.2, 0.25) is 23.6 Å². The van der Waals surface area contributed by atoms with Crippen molar-refractivity contribution < 1.29 is 57.1 Å². The van der Waals surface area contributed by atoms with Crippen LogP contribution in [0.4, 0.5) is 0 Å². The molecule has 15 heteroatoms. The minimum atomic E-state index is -0.321. The molecule has 0 aliphatic carbocycles. The van der Waals surface area contributed by atoms with Crippen molar-refractivity contribution in [2.24, 2.45) is 22.7 Å². The molecule has 0 radical (unpaired) electrons. The molecular formula is C40H73N3O12. The number of carbonyl (C=O) groups is 4. The summed E-state index contributed by atoms with van der Waals surface area (Å²) in [6.07, 6.45) is 3.67. The maximum atomic E-state index is 12.7. The minimum absolute atomic E-state index is 0.0779. The summed E-state index contributed by atoms with van der Waals surface area (Å²) in [4.78, 5) is 52.7. The van der Waals surface area contributed by atoms with Crippen molar-refractivity contribution in [2.75, 3.05) is 132 Å². The van der Waals surface area contributed by atoms with Gasteiger partial charge in [-0.25, -0.2) is 0 Å². The quantitative estimate of drug-likeness (QED) is 0.0786. The van der Waals surface area contributed by atoms with Gasteiger partial charge < -0.3 is 48.1 Å². The number of amides is 4. The van der Waals surface area contributed by atoms with Crippen molar-refractivity contribution in [3.05, 3.63) is 0 Å². The fraction of sp³-hybridized carbons (Fsp3) is 0.900. The van der Waals surface area contributed by atoms with Gasteiger partial charge in [0, 0.05) is 39.0 Å². The first-order valence-electron chi connectivity index (χ1n) is 20.4. The third kappa shape index (κ3) is 21.2. The van der Waals surface area contributed by atoms with Gasteiger partial charge in [-0.15, -0.1) is 0 Å². The van der Waals surface area contributed by atoms with E-state index in [0.29, 0.717) is 130 Å². The number of hydrogen-bond donors (Lipinski definition) is 1. The van der Waals surface area contributed by atoms with E-state index in [9.17, 15) is 19.2 Å². The molecule has 320 valence electrons. The molecule has 2 saturated heterocycles. The van der Waals surface area contributed by atoms with Gasteiger partial charge in [-0.3, -0.25) is 24.1 Å². The van der Waals surface area contributed by atoms with E-state index in [4.69, 9.17) is 37.9 Å².